The van der Waals surface area contributed by atoms with Crippen LogP contribution in [0.5, 0.6) is 11.8 Å². The highest BCUT2D eigenvalue weighted by Gasteiger charge is 2.33. The van der Waals surface area contributed by atoms with Crippen LogP contribution in [0.4, 0.5) is 8.78 Å². The third-order valence-corrected chi connectivity index (χ3v) is 7.52. The maximum Gasteiger partial charge on any atom is 0.322 e. The summed E-state index contributed by atoms with van der Waals surface area (Å²) in [5, 5.41) is 9.95. The number of halogens is 3. The van der Waals surface area contributed by atoms with E-state index < -0.39 is 18.0 Å². The highest BCUT2D eigenvalue weighted by molar-refractivity contribution is 6.33. The van der Waals surface area contributed by atoms with Gasteiger partial charge < -0.3 is 9.30 Å². The number of aromatic nitrogens is 5. The second kappa shape index (κ2) is 10.4. The molecule has 0 saturated carbocycles. The molecule has 5 aromatic rings. The van der Waals surface area contributed by atoms with E-state index in [0.29, 0.717) is 52.0 Å². The summed E-state index contributed by atoms with van der Waals surface area (Å²) in [5.74, 6) is 0.567. The first kappa shape index (κ1) is 26.0. The van der Waals surface area contributed by atoms with E-state index in [4.69, 9.17) is 21.6 Å². The maximum atomic E-state index is 15.5. The number of ether oxygens (including phenoxy) is 1. The van der Waals surface area contributed by atoms with E-state index in [9.17, 15) is 0 Å². The number of pyridine rings is 1. The molecular weight excluding hydrogens is 536 g/mol. The van der Waals surface area contributed by atoms with Crippen molar-refractivity contribution in [1.82, 2.24) is 29.4 Å². The molecule has 2 aromatic carbocycles. The summed E-state index contributed by atoms with van der Waals surface area (Å²) in [7, 11) is 0. The predicted octanol–water partition coefficient (Wildman–Crippen LogP) is 6.35. The Hall–Kier alpha value is -4.20. The van der Waals surface area contributed by atoms with Gasteiger partial charge in [-0.05, 0) is 44.5 Å². The molecule has 11 heteroatoms. The summed E-state index contributed by atoms with van der Waals surface area (Å²) in [6.07, 6.45) is 2.51. The lowest BCUT2D eigenvalue weighted by Gasteiger charge is -2.35. The van der Waals surface area contributed by atoms with Gasteiger partial charge >= 0.3 is 6.01 Å². The van der Waals surface area contributed by atoms with Gasteiger partial charge in [0.2, 0.25) is 0 Å². The Kier molecular flexibility index (Phi) is 6.78. The molecule has 0 bridgehead atoms. The van der Waals surface area contributed by atoms with Gasteiger partial charge in [0.15, 0.2) is 0 Å². The van der Waals surface area contributed by atoms with Crippen molar-refractivity contribution >= 4 is 33.5 Å². The number of benzene rings is 2. The first-order valence-corrected chi connectivity index (χ1v) is 13.2. The van der Waals surface area contributed by atoms with Gasteiger partial charge in [0, 0.05) is 53.6 Å². The zero-order chi connectivity index (χ0) is 28.0. The van der Waals surface area contributed by atoms with Gasteiger partial charge in [-0.3, -0.25) is 9.88 Å². The number of alkyl halides is 1. The number of nitrogens with zero attached hydrogens (tertiary/aromatic N) is 7. The Balaban J connectivity index is 1.43. The highest BCUT2D eigenvalue weighted by Crippen LogP contribution is 2.38. The van der Waals surface area contributed by atoms with Gasteiger partial charge in [-0.2, -0.15) is 5.26 Å². The first-order valence-electron chi connectivity index (χ1n) is 12.8. The summed E-state index contributed by atoms with van der Waals surface area (Å²) in [5.41, 5.74) is 3.22. The number of hydrogen-bond acceptors (Lipinski definition) is 7. The fraction of sp³-hybridized carbons (Fsp3) is 0.276. The largest absolute Gasteiger partial charge is 0.424 e. The lowest BCUT2D eigenvalue weighted by Crippen LogP contribution is -2.43. The minimum Gasteiger partial charge on any atom is -0.424 e. The lowest BCUT2D eigenvalue weighted by molar-refractivity contribution is 0.0996. The van der Waals surface area contributed by atoms with Gasteiger partial charge in [0.1, 0.15) is 29.1 Å². The molecule has 3 aromatic heterocycles. The van der Waals surface area contributed by atoms with Crippen molar-refractivity contribution < 1.29 is 13.5 Å². The summed E-state index contributed by atoms with van der Waals surface area (Å²) >= 11 is 6.62. The molecule has 0 unspecified atom stereocenters. The summed E-state index contributed by atoms with van der Waals surface area (Å²) in [4.78, 5) is 19.2. The summed E-state index contributed by atoms with van der Waals surface area (Å²) in [6.45, 7) is 4.61. The second-order valence-corrected chi connectivity index (χ2v) is 10.3. The molecular formula is C29H24ClF2N7O. The van der Waals surface area contributed by atoms with Crippen molar-refractivity contribution in [1.29, 1.82) is 5.26 Å². The Morgan fingerprint density at radius 1 is 1.10 bits per heavy atom. The minimum atomic E-state index is -1.19. The Morgan fingerprint density at radius 3 is 2.70 bits per heavy atom. The molecule has 40 heavy (non-hydrogen) atoms. The molecule has 1 fully saturated rings. The fourth-order valence-electron chi connectivity index (χ4n) is 5.37. The van der Waals surface area contributed by atoms with Gasteiger partial charge in [-0.15, -0.1) is 0 Å². The van der Waals surface area contributed by atoms with Gasteiger partial charge in [-0.25, -0.2) is 23.7 Å². The molecule has 1 aliphatic heterocycles. The number of fused-ring (bicyclic) bond motifs is 3. The highest BCUT2D eigenvalue weighted by atomic mass is 35.5. The third kappa shape index (κ3) is 4.72. The van der Waals surface area contributed by atoms with E-state index in [-0.39, 0.29) is 29.7 Å². The van der Waals surface area contributed by atoms with Crippen LogP contribution < -0.4 is 4.74 Å². The number of rotatable bonds is 5. The van der Waals surface area contributed by atoms with Crippen LogP contribution in [-0.4, -0.2) is 55.2 Å². The van der Waals surface area contributed by atoms with Gasteiger partial charge in [0.25, 0.3) is 0 Å². The van der Waals surface area contributed by atoms with Crippen LogP contribution in [-0.2, 0) is 0 Å². The lowest BCUT2D eigenvalue weighted by atomic mass is 10.00. The van der Waals surface area contributed by atoms with Crippen molar-refractivity contribution in [2.45, 2.75) is 32.5 Å². The van der Waals surface area contributed by atoms with E-state index in [1.54, 1.807) is 42.7 Å². The maximum absolute atomic E-state index is 15.5. The van der Waals surface area contributed by atoms with Crippen molar-refractivity contribution in [3.05, 3.63) is 71.2 Å². The monoisotopic (exact) mass is 559 g/mol. The molecule has 4 heterocycles. The van der Waals surface area contributed by atoms with Crippen molar-refractivity contribution in [2.24, 2.45) is 0 Å². The number of nitriles is 1. The smallest absolute Gasteiger partial charge is 0.322 e. The van der Waals surface area contributed by atoms with E-state index in [2.05, 4.69) is 26.0 Å². The van der Waals surface area contributed by atoms with Gasteiger partial charge in [-0.1, -0.05) is 11.6 Å². The second-order valence-electron chi connectivity index (χ2n) is 9.86. The van der Waals surface area contributed by atoms with Crippen LogP contribution in [0.25, 0.3) is 33.1 Å². The summed E-state index contributed by atoms with van der Waals surface area (Å²) in [6, 6.07) is 11.6. The van der Waals surface area contributed by atoms with E-state index in [1.165, 1.54) is 6.07 Å². The topological polar surface area (TPSA) is 92.8 Å². The van der Waals surface area contributed by atoms with E-state index in [1.807, 2.05) is 23.3 Å². The van der Waals surface area contributed by atoms with Crippen LogP contribution in [0, 0.1) is 31.0 Å². The van der Waals surface area contributed by atoms with Crippen LogP contribution >= 0.6 is 11.6 Å². The van der Waals surface area contributed by atoms with Crippen LogP contribution in [0.2, 0.25) is 5.02 Å². The molecule has 0 amide bonds. The summed E-state index contributed by atoms with van der Waals surface area (Å²) < 4.78 is 38.5. The van der Waals surface area contributed by atoms with Gasteiger partial charge in [0.05, 0.1) is 40.9 Å². The third-order valence-electron chi connectivity index (χ3n) is 7.21. The van der Waals surface area contributed by atoms with E-state index >= 15 is 8.78 Å². The standard InChI is InChI=1S/C29H24ClF2N7O/c1-16-5-8-34-29(36-16)40-18-3-4-19(22(30)11-18)20-12-21-25(13-23(20)31)35-14-26-28(21)39(17(2)37-26)27-6-9-38(10-7-33)15-24(27)32/h3-5,8,11-14,24,27H,6,9-10,15H2,1-2H3/t24-,27+/m1/s1. The normalized spacial score (nSPS) is 17.8. The Morgan fingerprint density at radius 2 is 1.95 bits per heavy atom. The molecule has 0 radical (unpaired) electrons. The molecule has 0 N–H and O–H groups in total. The number of aryl methyl sites for hydroxylation is 2. The molecule has 6 rings (SSSR count). The zero-order valence-electron chi connectivity index (χ0n) is 21.8. The first-order chi connectivity index (χ1) is 19.3. The molecule has 2 atom stereocenters. The Bertz CT molecular complexity index is 1800. The van der Waals surface area contributed by atoms with Crippen molar-refractivity contribution in [2.75, 3.05) is 19.6 Å². The molecule has 8 nitrogen and oxygen atoms in total. The molecule has 202 valence electrons. The number of likely N-dealkylation sites (tertiary alicyclic amines) is 1. The average Bonchev–Trinajstić information content (AvgIpc) is 3.25. The van der Waals surface area contributed by atoms with Crippen molar-refractivity contribution in [3.8, 4) is 29.0 Å². The van der Waals surface area contributed by atoms with Crippen LogP contribution in [0.1, 0.15) is 24.0 Å². The number of piperidine rings is 1. The average molecular weight is 560 g/mol. The van der Waals surface area contributed by atoms with E-state index in [0.717, 1.165) is 5.69 Å². The number of imidazole rings is 1. The van der Waals surface area contributed by atoms with Crippen molar-refractivity contribution in [3.63, 3.8) is 0 Å². The zero-order valence-corrected chi connectivity index (χ0v) is 22.5. The predicted molar refractivity (Wildman–Crippen MR) is 148 cm³/mol. The fourth-order valence-corrected chi connectivity index (χ4v) is 5.65. The van der Waals surface area contributed by atoms with Crippen LogP contribution in [0.15, 0.2) is 48.8 Å². The Labute approximate surface area is 233 Å². The quantitative estimate of drug-likeness (QED) is 0.232. The molecule has 0 spiro atoms. The van der Waals surface area contributed by atoms with Crippen LogP contribution in [0.3, 0.4) is 0 Å². The molecule has 1 saturated heterocycles. The SMILES string of the molecule is Cc1ccnc(Oc2ccc(-c3cc4c(cc3F)ncc3nc(C)n([C@H]5CCN(CC#N)C[C@H]5F)c34)c(Cl)c2)n1. The number of hydrogen-bond donors (Lipinski definition) is 0. The molecule has 1 aliphatic rings. The molecule has 0 aliphatic carbocycles. The minimum absolute atomic E-state index is 0.165.